The summed E-state index contributed by atoms with van der Waals surface area (Å²) < 4.78 is 5.08. The molecule has 0 aromatic carbocycles. The van der Waals surface area contributed by atoms with Crippen LogP contribution in [0.2, 0.25) is 0 Å². The van der Waals surface area contributed by atoms with Crippen LogP contribution in [0.3, 0.4) is 0 Å². The monoisotopic (exact) mass is 267 g/mol. The molecule has 0 unspecified atom stereocenters. The summed E-state index contributed by atoms with van der Waals surface area (Å²) in [5.41, 5.74) is 5.00. The fraction of sp³-hybridized carbons (Fsp3) is 0.500. The molecule has 1 aromatic heterocycles. The zero-order valence-corrected chi connectivity index (χ0v) is 11.6. The molecule has 1 rings (SSSR count). The zero-order valence-electron chi connectivity index (χ0n) is 10.7. The number of carbonyl (C=O) groups is 1. The van der Waals surface area contributed by atoms with Crippen LogP contribution in [0.5, 0.6) is 0 Å². The summed E-state index contributed by atoms with van der Waals surface area (Å²) in [6.45, 7) is 5.91. The molecule has 98 valence electrons. The van der Waals surface area contributed by atoms with Gasteiger partial charge in [0.1, 0.15) is 5.60 Å². The molecule has 0 atom stereocenters. The first kappa shape index (κ1) is 14.3. The van der Waals surface area contributed by atoms with Crippen molar-refractivity contribution in [1.29, 1.82) is 0 Å². The van der Waals surface area contributed by atoms with Gasteiger partial charge in [0.05, 0.1) is 11.1 Å². The molecule has 1 heterocycles. The number of thiazole rings is 1. The van der Waals surface area contributed by atoms with Crippen LogP contribution >= 0.6 is 11.3 Å². The molecule has 0 bridgehead atoms. The lowest BCUT2D eigenvalue weighted by Crippen LogP contribution is -2.32. The Kier molecular flexibility index (Phi) is 4.98. The third-order valence-corrected chi connectivity index (χ3v) is 2.40. The van der Waals surface area contributed by atoms with E-state index < -0.39 is 11.7 Å². The molecule has 0 saturated carbocycles. The molecule has 0 aliphatic carbocycles. The number of ether oxygens (including phenoxy) is 1. The highest BCUT2D eigenvalue weighted by molar-refractivity contribution is 7.15. The van der Waals surface area contributed by atoms with Gasteiger partial charge < -0.3 is 15.8 Å². The van der Waals surface area contributed by atoms with Gasteiger partial charge in [0.25, 0.3) is 0 Å². The van der Waals surface area contributed by atoms with Crippen molar-refractivity contribution < 1.29 is 9.53 Å². The second-order valence-electron chi connectivity index (χ2n) is 4.54. The minimum absolute atomic E-state index is 0.425. The number of anilines is 1. The van der Waals surface area contributed by atoms with Gasteiger partial charge in [-0.05, 0) is 20.8 Å². The van der Waals surface area contributed by atoms with Gasteiger partial charge in [-0.3, -0.25) is 0 Å². The topological polar surface area (TPSA) is 77.2 Å². The fourth-order valence-electron chi connectivity index (χ4n) is 1.04. The van der Waals surface area contributed by atoms with Gasteiger partial charge in [0.15, 0.2) is 5.13 Å². The van der Waals surface area contributed by atoms with E-state index in [2.05, 4.69) is 22.1 Å². The molecule has 0 saturated heterocycles. The average molecular weight is 267 g/mol. The van der Waals surface area contributed by atoms with Crippen molar-refractivity contribution in [2.45, 2.75) is 32.8 Å². The number of amides is 1. The van der Waals surface area contributed by atoms with Gasteiger partial charge in [0.2, 0.25) is 0 Å². The van der Waals surface area contributed by atoms with E-state index in [4.69, 9.17) is 10.5 Å². The molecule has 5 nitrogen and oxygen atoms in total. The lowest BCUT2D eigenvalue weighted by atomic mass is 10.2. The third kappa shape index (κ3) is 6.11. The maximum Gasteiger partial charge on any atom is 0.407 e. The van der Waals surface area contributed by atoms with Crippen LogP contribution in [0.25, 0.3) is 0 Å². The summed E-state index contributed by atoms with van der Waals surface area (Å²) in [5, 5.41) is 3.14. The molecule has 6 heteroatoms. The normalized spacial score (nSPS) is 10.4. The van der Waals surface area contributed by atoms with Crippen molar-refractivity contribution in [3.8, 4) is 11.8 Å². The number of carbonyl (C=O) groups excluding carboxylic acids is 1. The Hall–Kier alpha value is -1.74. The van der Waals surface area contributed by atoms with Crippen molar-refractivity contribution in [2.75, 3.05) is 12.3 Å². The zero-order chi connectivity index (χ0) is 13.6. The maximum absolute atomic E-state index is 11.3. The van der Waals surface area contributed by atoms with E-state index >= 15 is 0 Å². The molecule has 18 heavy (non-hydrogen) atoms. The second-order valence-corrected chi connectivity index (χ2v) is 5.61. The molecular formula is C12H17N3O2S. The lowest BCUT2D eigenvalue weighted by molar-refractivity contribution is 0.0529. The minimum Gasteiger partial charge on any atom is -0.444 e. The molecule has 1 amide bonds. The van der Waals surface area contributed by atoms with E-state index in [1.807, 2.05) is 20.8 Å². The Morgan fingerprint density at radius 1 is 1.61 bits per heavy atom. The van der Waals surface area contributed by atoms with E-state index in [1.54, 1.807) is 6.20 Å². The quantitative estimate of drug-likeness (QED) is 0.634. The number of aromatic nitrogens is 1. The maximum atomic E-state index is 11.3. The highest BCUT2D eigenvalue weighted by Crippen LogP contribution is 2.12. The summed E-state index contributed by atoms with van der Waals surface area (Å²) in [7, 11) is 0. The fourth-order valence-corrected chi connectivity index (χ4v) is 1.60. The number of nitrogens with zero attached hydrogens (tertiary/aromatic N) is 1. The van der Waals surface area contributed by atoms with Gasteiger partial charge in [-0.2, -0.15) is 0 Å². The smallest absolute Gasteiger partial charge is 0.407 e. The van der Waals surface area contributed by atoms with E-state index in [1.165, 1.54) is 11.3 Å². The number of hydrogen-bond donors (Lipinski definition) is 2. The van der Waals surface area contributed by atoms with E-state index in [-0.39, 0.29) is 0 Å². The van der Waals surface area contributed by atoms with Crippen LogP contribution in [0.4, 0.5) is 9.93 Å². The first-order chi connectivity index (χ1) is 8.37. The summed E-state index contributed by atoms with van der Waals surface area (Å²) in [6.07, 6.45) is 1.76. The van der Waals surface area contributed by atoms with E-state index in [0.717, 1.165) is 4.88 Å². The van der Waals surface area contributed by atoms with Crippen LogP contribution in [0, 0.1) is 11.8 Å². The first-order valence-corrected chi connectivity index (χ1v) is 6.35. The van der Waals surface area contributed by atoms with Crippen molar-refractivity contribution in [2.24, 2.45) is 0 Å². The first-order valence-electron chi connectivity index (χ1n) is 5.54. The van der Waals surface area contributed by atoms with Gasteiger partial charge in [0, 0.05) is 13.0 Å². The second kappa shape index (κ2) is 6.26. The predicted molar refractivity (Wildman–Crippen MR) is 72.3 cm³/mol. The Morgan fingerprint density at radius 2 is 2.33 bits per heavy atom. The van der Waals surface area contributed by atoms with Crippen molar-refractivity contribution in [3.05, 3.63) is 11.1 Å². The molecule has 1 aromatic rings. The van der Waals surface area contributed by atoms with Crippen LogP contribution in [0.15, 0.2) is 6.20 Å². The SMILES string of the molecule is CC(C)(C)OC(=O)NCCC#Cc1cnc(N)s1. The highest BCUT2D eigenvalue weighted by atomic mass is 32.1. The Balaban J connectivity index is 2.23. The molecular weight excluding hydrogens is 250 g/mol. The molecule has 0 spiro atoms. The van der Waals surface area contributed by atoms with Crippen molar-refractivity contribution >= 4 is 22.6 Å². The van der Waals surface area contributed by atoms with Crippen LogP contribution in [-0.4, -0.2) is 23.2 Å². The van der Waals surface area contributed by atoms with Crippen LogP contribution < -0.4 is 11.1 Å². The largest absolute Gasteiger partial charge is 0.444 e. The Bertz CT molecular complexity index is 466. The highest BCUT2D eigenvalue weighted by Gasteiger charge is 2.15. The third-order valence-electron chi connectivity index (χ3n) is 1.65. The summed E-state index contributed by atoms with van der Waals surface area (Å²) in [6, 6.07) is 0. The van der Waals surface area contributed by atoms with Gasteiger partial charge >= 0.3 is 6.09 Å². The predicted octanol–water partition coefficient (Wildman–Crippen LogP) is 1.99. The van der Waals surface area contributed by atoms with Gasteiger partial charge in [-0.25, -0.2) is 9.78 Å². The molecule has 0 aliphatic heterocycles. The number of nitrogens with one attached hydrogen (secondary N) is 1. The van der Waals surface area contributed by atoms with Crippen LogP contribution in [-0.2, 0) is 4.74 Å². The molecule has 0 fully saturated rings. The van der Waals surface area contributed by atoms with Gasteiger partial charge in [-0.15, -0.1) is 0 Å². The number of hydrogen-bond acceptors (Lipinski definition) is 5. The molecule has 0 aliphatic rings. The van der Waals surface area contributed by atoms with E-state index in [9.17, 15) is 4.79 Å². The summed E-state index contributed by atoms with van der Waals surface area (Å²) in [4.78, 5) is 16.0. The number of nitrogens with two attached hydrogens (primary N) is 1. The lowest BCUT2D eigenvalue weighted by Gasteiger charge is -2.19. The van der Waals surface area contributed by atoms with Crippen molar-refractivity contribution in [1.82, 2.24) is 10.3 Å². The number of nitrogen functional groups attached to an aromatic ring is 1. The van der Waals surface area contributed by atoms with Gasteiger partial charge in [-0.1, -0.05) is 23.2 Å². The summed E-state index contributed by atoms with van der Waals surface area (Å²) >= 11 is 1.34. The molecule has 3 N–H and O–H groups in total. The van der Waals surface area contributed by atoms with E-state index in [0.29, 0.717) is 18.1 Å². The average Bonchev–Trinajstić information content (AvgIpc) is 2.61. The minimum atomic E-state index is -0.476. The Labute approximate surface area is 111 Å². The van der Waals surface area contributed by atoms with Crippen LogP contribution in [0.1, 0.15) is 32.1 Å². The van der Waals surface area contributed by atoms with Crippen molar-refractivity contribution in [3.63, 3.8) is 0 Å². The Morgan fingerprint density at radius 3 is 2.89 bits per heavy atom. The number of rotatable bonds is 2. The number of alkyl carbamates (subject to hydrolysis) is 1. The summed E-state index contributed by atoms with van der Waals surface area (Å²) in [5.74, 6) is 5.85. The standard InChI is InChI=1S/C12H17N3O2S/c1-12(2,3)17-11(16)14-7-5-4-6-9-8-15-10(13)18-9/h8H,5,7H2,1-3H3,(H2,13,15)(H,14,16). The molecule has 0 radical (unpaired) electrons.